The monoisotopic (exact) mass is 498 g/mol. The molecule has 3 aromatic heterocycles. The van der Waals surface area contributed by atoms with Crippen LogP contribution in [0.15, 0.2) is 47.2 Å². The molecule has 3 aliphatic rings. The Morgan fingerprint density at radius 1 is 1.22 bits per heavy atom. The number of aryl methyl sites for hydroxylation is 1. The molecule has 2 saturated carbocycles. The van der Waals surface area contributed by atoms with E-state index in [0.717, 1.165) is 67.5 Å². The van der Waals surface area contributed by atoms with Gasteiger partial charge in [0.1, 0.15) is 0 Å². The molecule has 0 radical (unpaired) electrons. The number of fused-ring (bicyclic) bond motifs is 1. The lowest BCUT2D eigenvalue weighted by molar-refractivity contribution is -0.141. The first kappa shape index (κ1) is 22.5. The Bertz CT molecular complexity index is 1520. The van der Waals surface area contributed by atoms with Crippen LogP contribution in [0.1, 0.15) is 66.8 Å². The molecule has 9 nitrogen and oxygen atoms in total. The lowest BCUT2D eigenvalue weighted by Gasteiger charge is -2.63. The minimum Gasteiger partial charge on any atom is -0.390 e. The molecule has 0 unspecified atom stereocenters. The van der Waals surface area contributed by atoms with Crippen LogP contribution >= 0.6 is 0 Å². The minimum atomic E-state index is -0.481. The molecular weight excluding hydrogens is 468 g/mol. The van der Waals surface area contributed by atoms with Crippen molar-refractivity contribution in [3.8, 4) is 11.4 Å². The summed E-state index contributed by atoms with van der Waals surface area (Å²) >= 11 is 0. The van der Waals surface area contributed by atoms with E-state index >= 15 is 0 Å². The summed E-state index contributed by atoms with van der Waals surface area (Å²) in [7, 11) is 0. The van der Waals surface area contributed by atoms with Gasteiger partial charge in [-0.2, -0.15) is 10.1 Å². The van der Waals surface area contributed by atoms with Crippen molar-refractivity contribution >= 4 is 22.8 Å². The van der Waals surface area contributed by atoms with E-state index in [4.69, 9.17) is 4.52 Å². The molecule has 7 rings (SSSR count). The Labute approximate surface area is 214 Å². The molecular formula is C28H30N6O3. The summed E-state index contributed by atoms with van der Waals surface area (Å²) in [6.45, 7) is 5.88. The highest BCUT2D eigenvalue weighted by molar-refractivity contribution is 6.09. The number of aromatic nitrogens is 4. The predicted molar refractivity (Wildman–Crippen MR) is 139 cm³/mol. The molecule has 0 bridgehead atoms. The lowest BCUT2D eigenvalue weighted by Crippen LogP contribution is -2.68. The fourth-order valence-corrected chi connectivity index (χ4v) is 6.04. The SMILES string of the molecule is CCC1(O)CC2(CN(c3ccn4ncc(C(=O)Nc5cc(-c6noc(C7CC7)n6)ccc5C)c4c3)C2)C1. The Morgan fingerprint density at radius 3 is 2.78 bits per heavy atom. The number of pyridine rings is 1. The van der Waals surface area contributed by atoms with Crippen molar-refractivity contribution in [1.29, 1.82) is 0 Å². The van der Waals surface area contributed by atoms with Gasteiger partial charge in [0.15, 0.2) is 0 Å². The average Bonchev–Trinajstić information content (AvgIpc) is 3.42. The first-order valence-corrected chi connectivity index (χ1v) is 13.0. The van der Waals surface area contributed by atoms with Gasteiger partial charge in [-0.05, 0) is 62.8 Å². The number of nitrogens with zero attached hydrogens (tertiary/aromatic N) is 5. The van der Waals surface area contributed by atoms with Gasteiger partial charge in [-0.1, -0.05) is 24.2 Å². The van der Waals surface area contributed by atoms with Gasteiger partial charge in [0.05, 0.1) is 22.9 Å². The number of hydrogen-bond acceptors (Lipinski definition) is 7. The second-order valence-electron chi connectivity index (χ2n) is 11.3. The molecule has 2 aliphatic carbocycles. The number of anilines is 2. The average molecular weight is 499 g/mol. The summed E-state index contributed by atoms with van der Waals surface area (Å²) in [6, 6.07) is 9.85. The molecule has 4 heterocycles. The number of carbonyl (C=O) groups excluding carboxylic acids is 1. The van der Waals surface area contributed by atoms with Gasteiger partial charge in [0.25, 0.3) is 5.91 Å². The zero-order valence-corrected chi connectivity index (χ0v) is 21.1. The van der Waals surface area contributed by atoms with Gasteiger partial charge in [-0.15, -0.1) is 0 Å². The molecule has 3 fully saturated rings. The predicted octanol–water partition coefficient (Wildman–Crippen LogP) is 4.56. The molecule has 0 atom stereocenters. The molecule has 37 heavy (non-hydrogen) atoms. The molecule has 190 valence electrons. The van der Waals surface area contributed by atoms with Crippen molar-refractivity contribution in [2.75, 3.05) is 23.3 Å². The van der Waals surface area contributed by atoms with Crippen molar-refractivity contribution in [1.82, 2.24) is 19.8 Å². The summed E-state index contributed by atoms with van der Waals surface area (Å²) in [6.07, 6.45) is 8.26. The third kappa shape index (κ3) is 3.80. The molecule has 2 N–H and O–H groups in total. The van der Waals surface area contributed by atoms with E-state index in [-0.39, 0.29) is 11.3 Å². The van der Waals surface area contributed by atoms with Gasteiger partial charge in [-0.3, -0.25) is 4.79 Å². The van der Waals surface area contributed by atoms with Gasteiger partial charge in [-0.25, -0.2) is 4.52 Å². The highest BCUT2D eigenvalue weighted by atomic mass is 16.5. The normalized spacial score (nSPS) is 19.6. The van der Waals surface area contributed by atoms with Crippen LogP contribution in [-0.4, -0.2) is 49.5 Å². The third-order valence-electron chi connectivity index (χ3n) is 8.35. The molecule has 9 heteroatoms. The molecule has 1 aromatic carbocycles. The molecule has 1 aliphatic heterocycles. The number of hydrogen-bond donors (Lipinski definition) is 2. The van der Waals surface area contributed by atoms with E-state index < -0.39 is 5.60 Å². The highest BCUT2D eigenvalue weighted by Crippen LogP contribution is 2.56. The topological polar surface area (TPSA) is 109 Å². The second kappa shape index (κ2) is 7.89. The second-order valence-corrected chi connectivity index (χ2v) is 11.3. The Hall–Kier alpha value is -3.72. The molecule has 1 amide bonds. The maximum absolute atomic E-state index is 13.4. The Balaban J connectivity index is 1.10. The zero-order valence-electron chi connectivity index (χ0n) is 21.1. The summed E-state index contributed by atoms with van der Waals surface area (Å²) in [5.41, 5.74) is 4.55. The third-order valence-corrected chi connectivity index (χ3v) is 8.35. The van der Waals surface area contributed by atoms with Crippen LogP contribution < -0.4 is 10.2 Å². The van der Waals surface area contributed by atoms with Crippen molar-refractivity contribution < 1.29 is 14.4 Å². The summed E-state index contributed by atoms with van der Waals surface area (Å²) in [5.74, 6) is 1.40. The van der Waals surface area contributed by atoms with Crippen LogP contribution in [-0.2, 0) is 0 Å². The Morgan fingerprint density at radius 2 is 2.03 bits per heavy atom. The standard InChI is InChI=1S/C28H30N6O3/c1-3-28(36)13-27(14-28)15-33(16-27)20-8-9-34-23(11-20)21(12-29-34)25(35)30-22-10-19(5-4-17(22)2)24-31-26(37-32-24)18-6-7-18/h4-5,8-12,18,36H,3,6-7,13-16H2,1-2H3,(H,30,35). The van der Waals surface area contributed by atoms with Crippen molar-refractivity contribution in [2.45, 2.75) is 57.5 Å². The number of carbonyl (C=O) groups is 1. The number of aliphatic hydroxyl groups is 1. The summed E-state index contributed by atoms with van der Waals surface area (Å²) < 4.78 is 7.14. The molecule has 1 saturated heterocycles. The maximum Gasteiger partial charge on any atom is 0.259 e. The first-order chi connectivity index (χ1) is 17.8. The minimum absolute atomic E-state index is 0.216. The van der Waals surface area contributed by atoms with Gasteiger partial charge in [0, 0.05) is 47.6 Å². The zero-order chi connectivity index (χ0) is 25.4. The van der Waals surface area contributed by atoms with E-state index in [1.807, 2.05) is 43.5 Å². The molecule has 4 aromatic rings. The summed E-state index contributed by atoms with van der Waals surface area (Å²) in [4.78, 5) is 20.2. The van der Waals surface area contributed by atoms with Gasteiger partial charge >= 0.3 is 0 Å². The van der Waals surface area contributed by atoms with Crippen LogP contribution in [0.25, 0.3) is 16.9 Å². The van der Waals surface area contributed by atoms with Crippen LogP contribution in [0.5, 0.6) is 0 Å². The molecule has 1 spiro atoms. The largest absolute Gasteiger partial charge is 0.390 e. The maximum atomic E-state index is 13.4. The van der Waals surface area contributed by atoms with E-state index in [0.29, 0.717) is 28.9 Å². The lowest BCUT2D eigenvalue weighted by atomic mass is 9.54. The Kier molecular flexibility index (Phi) is 4.79. The van der Waals surface area contributed by atoms with Crippen molar-refractivity contribution in [2.24, 2.45) is 5.41 Å². The van der Waals surface area contributed by atoms with Gasteiger partial charge < -0.3 is 19.8 Å². The first-order valence-electron chi connectivity index (χ1n) is 13.0. The van der Waals surface area contributed by atoms with E-state index in [9.17, 15) is 9.90 Å². The quantitative estimate of drug-likeness (QED) is 0.401. The van der Waals surface area contributed by atoms with E-state index in [1.54, 1.807) is 10.7 Å². The fraction of sp³-hybridized carbons (Fsp3) is 0.429. The van der Waals surface area contributed by atoms with Crippen LogP contribution in [0.4, 0.5) is 11.4 Å². The van der Waals surface area contributed by atoms with E-state index in [1.165, 1.54) is 0 Å². The van der Waals surface area contributed by atoms with Crippen molar-refractivity contribution in [3.05, 3.63) is 59.7 Å². The highest BCUT2D eigenvalue weighted by Gasteiger charge is 2.58. The summed E-state index contributed by atoms with van der Waals surface area (Å²) in [5, 5.41) is 22.0. The van der Waals surface area contributed by atoms with E-state index in [2.05, 4.69) is 32.4 Å². The number of rotatable bonds is 6. The van der Waals surface area contributed by atoms with Crippen LogP contribution in [0.3, 0.4) is 0 Å². The van der Waals surface area contributed by atoms with Crippen LogP contribution in [0.2, 0.25) is 0 Å². The smallest absolute Gasteiger partial charge is 0.259 e. The van der Waals surface area contributed by atoms with Gasteiger partial charge in [0.2, 0.25) is 11.7 Å². The van der Waals surface area contributed by atoms with Crippen molar-refractivity contribution in [3.63, 3.8) is 0 Å². The fourth-order valence-electron chi connectivity index (χ4n) is 6.04. The number of benzene rings is 1. The number of amides is 1. The number of nitrogens with one attached hydrogen (secondary N) is 1. The van der Waals surface area contributed by atoms with Crippen LogP contribution in [0, 0.1) is 12.3 Å².